The van der Waals surface area contributed by atoms with Crippen LogP contribution in [0.2, 0.25) is 10.0 Å². The second kappa shape index (κ2) is 11.5. The summed E-state index contributed by atoms with van der Waals surface area (Å²) < 4.78 is 6.51. The first-order valence-electron chi connectivity index (χ1n) is 15.2. The van der Waals surface area contributed by atoms with Gasteiger partial charge in [-0.1, -0.05) is 68.5 Å². The molecule has 6 unspecified atom stereocenters. The lowest BCUT2D eigenvalue weighted by Crippen LogP contribution is -2.58. The SMILES string of the molecule is CC1CCCC(NC(=O)C2N(CCN3CCCCC3)C(=O)[C@@H]3C(C(=O)Nc4cc(Cl)cc(Cl)c4)[C@@H]4C=CC23O4)C1C. The minimum absolute atomic E-state index is 0.0509. The fraction of sp³-hybridized carbons (Fsp3) is 0.645. The zero-order valence-corrected chi connectivity index (χ0v) is 25.3. The van der Waals surface area contributed by atoms with Crippen LogP contribution in [0.1, 0.15) is 52.4 Å². The molecule has 1 aromatic rings. The summed E-state index contributed by atoms with van der Waals surface area (Å²) in [5, 5.41) is 7.02. The number of benzene rings is 1. The Hall–Kier alpha value is -2.13. The first kappa shape index (κ1) is 29.0. The molecule has 8 nitrogen and oxygen atoms in total. The molecule has 1 spiro atoms. The summed E-state index contributed by atoms with van der Waals surface area (Å²) in [6.07, 6.45) is 9.79. The third-order valence-electron chi connectivity index (χ3n) is 10.2. The third kappa shape index (κ3) is 5.30. The van der Waals surface area contributed by atoms with E-state index in [4.69, 9.17) is 27.9 Å². The Kier molecular flexibility index (Phi) is 8.13. The Bertz CT molecular complexity index is 1220. The lowest BCUT2D eigenvalue weighted by molar-refractivity contribution is -0.142. The number of carbonyl (C=O) groups is 3. The molecule has 4 aliphatic heterocycles. The summed E-state index contributed by atoms with van der Waals surface area (Å²) in [7, 11) is 0. The van der Waals surface area contributed by atoms with Gasteiger partial charge in [0.25, 0.3) is 0 Å². The quantitative estimate of drug-likeness (QED) is 0.448. The predicted octanol–water partition coefficient (Wildman–Crippen LogP) is 4.51. The zero-order chi connectivity index (χ0) is 28.9. The van der Waals surface area contributed by atoms with Gasteiger partial charge in [-0.3, -0.25) is 14.4 Å². The van der Waals surface area contributed by atoms with Crippen molar-refractivity contribution in [1.82, 2.24) is 15.1 Å². The molecular weight excluding hydrogens is 563 g/mol. The second-order valence-corrected chi connectivity index (χ2v) is 13.5. The van der Waals surface area contributed by atoms with Crippen LogP contribution in [0.5, 0.6) is 0 Å². The van der Waals surface area contributed by atoms with Gasteiger partial charge >= 0.3 is 0 Å². The van der Waals surface area contributed by atoms with E-state index in [1.165, 1.54) is 6.42 Å². The first-order chi connectivity index (χ1) is 19.7. The van der Waals surface area contributed by atoms with Crippen LogP contribution in [0.3, 0.4) is 0 Å². The molecule has 6 rings (SSSR count). The van der Waals surface area contributed by atoms with Crippen molar-refractivity contribution in [2.24, 2.45) is 23.7 Å². The predicted molar refractivity (Wildman–Crippen MR) is 159 cm³/mol. The van der Waals surface area contributed by atoms with E-state index in [9.17, 15) is 14.4 Å². The van der Waals surface area contributed by atoms with Crippen LogP contribution < -0.4 is 10.6 Å². The van der Waals surface area contributed by atoms with Crippen molar-refractivity contribution in [3.05, 3.63) is 40.4 Å². The molecule has 0 aromatic heterocycles. The Morgan fingerprint density at radius 3 is 2.46 bits per heavy atom. The number of nitrogens with zero attached hydrogens (tertiary/aromatic N) is 2. The molecule has 1 aliphatic carbocycles. The Balaban J connectivity index is 1.28. The molecule has 10 heteroatoms. The summed E-state index contributed by atoms with van der Waals surface area (Å²) >= 11 is 12.3. The Morgan fingerprint density at radius 1 is 1.00 bits per heavy atom. The number of hydrogen-bond acceptors (Lipinski definition) is 5. The van der Waals surface area contributed by atoms with Crippen LogP contribution in [-0.4, -0.2) is 77.5 Å². The number of fused-ring (bicyclic) bond motifs is 1. The average molecular weight is 604 g/mol. The highest BCUT2D eigenvalue weighted by atomic mass is 35.5. The summed E-state index contributed by atoms with van der Waals surface area (Å²) in [6.45, 7) is 7.55. The fourth-order valence-electron chi connectivity index (χ4n) is 7.84. The van der Waals surface area contributed by atoms with E-state index in [2.05, 4.69) is 29.4 Å². The molecule has 222 valence electrons. The topological polar surface area (TPSA) is 91.0 Å². The van der Waals surface area contributed by atoms with Crippen LogP contribution in [0.4, 0.5) is 5.69 Å². The molecule has 5 aliphatic rings. The molecule has 2 N–H and O–H groups in total. The zero-order valence-electron chi connectivity index (χ0n) is 23.8. The number of nitrogens with one attached hydrogen (secondary N) is 2. The van der Waals surface area contributed by atoms with Crippen molar-refractivity contribution in [2.75, 3.05) is 31.5 Å². The van der Waals surface area contributed by atoms with Gasteiger partial charge < -0.3 is 25.2 Å². The minimum atomic E-state index is -1.18. The highest BCUT2D eigenvalue weighted by Crippen LogP contribution is 2.55. The molecule has 2 bridgehead atoms. The molecule has 4 heterocycles. The van der Waals surface area contributed by atoms with Crippen molar-refractivity contribution in [3.63, 3.8) is 0 Å². The summed E-state index contributed by atoms with van der Waals surface area (Å²) in [4.78, 5) is 46.2. The number of hydrogen-bond donors (Lipinski definition) is 2. The molecule has 4 fully saturated rings. The van der Waals surface area contributed by atoms with Crippen LogP contribution in [0, 0.1) is 23.7 Å². The minimum Gasteiger partial charge on any atom is -0.359 e. The number of carbonyl (C=O) groups excluding carboxylic acids is 3. The van der Waals surface area contributed by atoms with Gasteiger partial charge in [-0.2, -0.15) is 0 Å². The standard InChI is InChI=1S/C31H40Cl2N4O4/c1-18-7-6-8-23(19(18)2)35-29(39)27-31-10-9-24(41-31)25(28(38)34-22-16-20(32)15-21(33)17-22)26(31)30(40)37(27)14-13-36-11-4-3-5-12-36/h9-10,15-19,23-27H,3-8,11-14H2,1-2H3,(H,34,38)(H,35,39)/t18?,19?,23?,24-,25?,26-,27?,31?/m0/s1. The molecule has 3 saturated heterocycles. The number of rotatable bonds is 7. The number of likely N-dealkylation sites (tertiary alicyclic amines) is 2. The van der Waals surface area contributed by atoms with Gasteiger partial charge in [0.1, 0.15) is 11.6 Å². The fourth-order valence-corrected chi connectivity index (χ4v) is 8.36. The Labute approximate surface area is 252 Å². The lowest BCUT2D eigenvalue weighted by atomic mass is 9.73. The van der Waals surface area contributed by atoms with Gasteiger partial charge in [0, 0.05) is 34.9 Å². The van der Waals surface area contributed by atoms with E-state index in [0.717, 1.165) is 45.2 Å². The van der Waals surface area contributed by atoms with Crippen LogP contribution in [0.15, 0.2) is 30.4 Å². The molecule has 41 heavy (non-hydrogen) atoms. The molecule has 0 radical (unpaired) electrons. The van der Waals surface area contributed by atoms with E-state index in [-0.39, 0.29) is 23.8 Å². The van der Waals surface area contributed by atoms with Crippen molar-refractivity contribution in [3.8, 4) is 0 Å². The Morgan fingerprint density at radius 2 is 1.73 bits per heavy atom. The highest BCUT2D eigenvalue weighted by Gasteiger charge is 2.72. The number of anilines is 1. The van der Waals surface area contributed by atoms with Gasteiger partial charge in [-0.15, -0.1) is 0 Å². The van der Waals surface area contributed by atoms with Crippen molar-refractivity contribution in [2.45, 2.75) is 76.2 Å². The summed E-state index contributed by atoms with van der Waals surface area (Å²) in [6, 6.07) is 4.06. The molecule has 3 amide bonds. The summed E-state index contributed by atoms with van der Waals surface area (Å²) in [5.74, 6) is -1.40. The molecule has 1 saturated carbocycles. The number of piperidine rings is 1. The normalized spacial score (nSPS) is 36.4. The van der Waals surface area contributed by atoms with E-state index in [1.807, 2.05) is 12.2 Å². The van der Waals surface area contributed by atoms with Gasteiger partial charge in [0.15, 0.2) is 0 Å². The average Bonchev–Trinajstić information content (AvgIpc) is 3.57. The summed E-state index contributed by atoms with van der Waals surface area (Å²) in [5.41, 5.74) is -0.721. The van der Waals surface area contributed by atoms with Crippen LogP contribution in [0.25, 0.3) is 0 Å². The van der Waals surface area contributed by atoms with E-state index >= 15 is 0 Å². The van der Waals surface area contributed by atoms with Gasteiger partial charge in [0.05, 0.1) is 17.9 Å². The van der Waals surface area contributed by atoms with Gasteiger partial charge in [-0.25, -0.2) is 0 Å². The van der Waals surface area contributed by atoms with E-state index in [0.29, 0.717) is 40.7 Å². The maximum Gasteiger partial charge on any atom is 0.246 e. The maximum absolute atomic E-state index is 14.2. The smallest absolute Gasteiger partial charge is 0.246 e. The third-order valence-corrected chi connectivity index (χ3v) is 10.6. The van der Waals surface area contributed by atoms with Crippen LogP contribution >= 0.6 is 23.2 Å². The second-order valence-electron chi connectivity index (χ2n) is 12.7. The number of amides is 3. The highest BCUT2D eigenvalue weighted by molar-refractivity contribution is 6.35. The number of ether oxygens (including phenoxy) is 1. The van der Waals surface area contributed by atoms with Crippen LogP contribution in [-0.2, 0) is 19.1 Å². The maximum atomic E-state index is 14.2. The van der Waals surface area contributed by atoms with Crippen molar-refractivity contribution in [1.29, 1.82) is 0 Å². The monoisotopic (exact) mass is 602 g/mol. The first-order valence-corrected chi connectivity index (χ1v) is 15.9. The van der Waals surface area contributed by atoms with E-state index in [1.54, 1.807) is 23.1 Å². The van der Waals surface area contributed by atoms with Crippen molar-refractivity contribution < 1.29 is 19.1 Å². The lowest BCUT2D eigenvalue weighted by Gasteiger charge is -2.38. The molecular formula is C31H40Cl2N4O4. The molecule has 8 atom stereocenters. The largest absolute Gasteiger partial charge is 0.359 e. The van der Waals surface area contributed by atoms with Gasteiger partial charge in [-0.05, 0) is 62.4 Å². The van der Waals surface area contributed by atoms with E-state index < -0.39 is 29.6 Å². The number of halogens is 2. The van der Waals surface area contributed by atoms with Crippen molar-refractivity contribution >= 4 is 46.6 Å². The molecule has 1 aromatic carbocycles. The van der Waals surface area contributed by atoms with Gasteiger partial charge in [0.2, 0.25) is 17.7 Å².